The summed E-state index contributed by atoms with van der Waals surface area (Å²) in [7, 11) is 1.93. The summed E-state index contributed by atoms with van der Waals surface area (Å²) >= 11 is 0. The largest absolute Gasteiger partial charge is 0.497 e. The summed E-state index contributed by atoms with van der Waals surface area (Å²) in [6, 6.07) is 10.6. The molecule has 0 radical (unpaired) electrons. The van der Waals surface area contributed by atoms with Gasteiger partial charge in [0.05, 0.1) is 42.7 Å². The van der Waals surface area contributed by atoms with Crippen molar-refractivity contribution in [2.45, 2.75) is 11.5 Å². The van der Waals surface area contributed by atoms with Gasteiger partial charge in [-0.1, -0.05) is 0 Å². The van der Waals surface area contributed by atoms with E-state index < -0.39 is 16.7 Å². The van der Waals surface area contributed by atoms with Gasteiger partial charge in [0.1, 0.15) is 23.1 Å². The third kappa shape index (κ3) is 3.61. The smallest absolute Gasteiger partial charge is 0.260 e. The summed E-state index contributed by atoms with van der Waals surface area (Å²) in [6.45, 7) is 0. The van der Waals surface area contributed by atoms with Crippen LogP contribution in [0.5, 0.6) is 11.5 Å². The Kier molecular flexibility index (Phi) is 5.06. The van der Waals surface area contributed by atoms with Crippen LogP contribution in [0.2, 0.25) is 0 Å². The summed E-state index contributed by atoms with van der Waals surface area (Å²) in [5.74, 6) is 1.17. The SMILES string of the molecule is COc1ccc(C(=O)Nc2c3c(nn2-c2ccc(F)cc2)CS(=O)C3)c(OC)c1. The maximum Gasteiger partial charge on any atom is 0.260 e. The third-order valence-electron chi connectivity index (χ3n) is 4.63. The summed E-state index contributed by atoms with van der Waals surface area (Å²) < 4.78 is 37.3. The fourth-order valence-corrected chi connectivity index (χ4v) is 4.45. The number of nitrogens with zero attached hydrogens (tertiary/aromatic N) is 2. The van der Waals surface area contributed by atoms with Crippen LogP contribution in [0.25, 0.3) is 5.69 Å². The van der Waals surface area contributed by atoms with E-state index in [0.29, 0.717) is 51.3 Å². The molecule has 1 aromatic heterocycles. The minimum Gasteiger partial charge on any atom is -0.497 e. The molecule has 3 aromatic rings. The molecule has 0 spiro atoms. The van der Waals surface area contributed by atoms with Crippen LogP contribution in [-0.4, -0.2) is 34.1 Å². The maximum atomic E-state index is 13.3. The van der Waals surface area contributed by atoms with Gasteiger partial charge in [-0.15, -0.1) is 0 Å². The Bertz CT molecular complexity index is 1110. The van der Waals surface area contributed by atoms with Gasteiger partial charge in [-0.2, -0.15) is 5.10 Å². The third-order valence-corrected chi connectivity index (χ3v) is 5.83. The molecule has 2 aromatic carbocycles. The molecule has 0 bridgehead atoms. The Labute approximate surface area is 168 Å². The van der Waals surface area contributed by atoms with Gasteiger partial charge in [0.2, 0.25) is 0 Å². The van der Waals surface area contributed by atoms with Crippen molar-refractivity contribution in [2.24, 2.45) is 0 Å². The summed E-state index contributed by atoms with van der Waals surface area (Å²) in [6.07, 6.45) is 0. The monoisotopic (exact) mass is 415 g/mol. The predicted molar refractivity (Wildman–Crippen MR) is 107 cm³/mol. The van der Waals surface area contributed by atoms with Crippen LogP contribution in [-0.2, 0) is 22.3 Å². The molecule has 1 atom stereocenters. The zero-order valence-corrected chi connectivity index (χ0v) is 16.6. The molecule has 1 aliphatic rings. The Hall–Kier alpha value is -3.20. The number of aromatic nitrogens is 2. The van der Waals surface area contributed by atoms with Crippen molar-refractivity contribution in [1.82, 2.24) is 9.78 Å². The molecule has 150 valence electrons. The van der Waals surface area contributed by atoms with Crippen LogP contribution in [0.4, 0.5) is 10.2 Å². The van der Waals surface area contributed by atoms with Gasteiger partial charge in [0, 0.05) is 22.4 Å². The lowest BCUT2D eigenvalue weighted by Crippen LogP contribution is -2.17. The average Bonchev–Trinajstić information content (AvgIpc) is 3.24. The number of methoxy groups -OCH3 is 2. The summed E-state index contributed by atoms with van der Waals surface area (Å²) in [5.41, 5.74) is 2.27. The van der Waals surface area contributed by atoms with Crippen molar-refractivity contribution in [2.75, 3.05) is 19.5 Å². The van der Waals surface area contributed by atoms with Gasteiger partial charge >= 0.3 is 0 Å². The molecule has 0 fully saturated rings. The van der Waals surface area contributed by atoms with E-state index >= 15 is 0 Å². The number of halogens is 1. The summed E-state index contributed by atoms with van der Waals surface area (Å²) in [4.78, 5) is 13.0. The van der Waals surface area contributed by atoms with Gasteiger partial charge in [0.15, 0.2) is 0 Å². The fraction of sp³-hybridized carbons (Fsp3) is 0.200. The number of carbonyl (C=O) groups excluding carboxylic acids is 1. The lowest BCUT2D eigenvalue weighted by atomic mass is 10.1. The Morgan fingerprint density at radius 1 is 1.14 bits per heavy atom. The van der Waals surface area contributed by atoms with E-state index in [-0.39, 0.29) is 5.82 Å². The molecule has 7 nitrogen and oxygen atoms in total. The first kappa shape index (κ1) is 19.1. The Morgan fingerprint density at radius 2 is 1.90 bits per heavy atom. The van der Waals surface area contributed by atoms with Crippen molar-refractivity contribution < 1.29 is 22.9 Å². The zero-order chi connectivity index (χ0) is 20.5. The minimum atomic E-state index is -1.06. The number of rotatable bonds is 5. The molecule has 29 heavy (non-hydrogen) atoms. The average molecular weight is 415 g/mol. The molecule has 1 N–H and O–H groups in total. The standard InChI is InChI=1S/C20H18FN3O4S/c1-27-14-7-8-15(18(9-14)28-2)20(25)22-19-16-10-29(26)11-17(16)23-24(19)13-5-3-12(21)4-6-13/h3-9H,10-11H2,1-2H3,(H,22,25). The van der Waals surface area contributed by atoms with Gasteiger partial charge < -0.3 is 14.8 Å². The predicted octanol–water partition coefficient (Wildman–Crippen LogP) is 3.04. The van der Waals surface area contributed by atoms with E-state index in [0.717, 1.165) is 0 Å². The number of fused-ring (bicyclic) bond motifs is 1. The van der Waals surface area contributed by atoms with Crippen LogP contribution in [0, 0.1) is 5.82 Å². The van der Waals surface area contributed by atoms with Gasteiger partial charge in [-0.3, -0.25) is 9.00 Å². The molecule has 1 aliphatic heterocycles. The second kappa shape index (κ2) is 7.67. The molecule has 2 heterocycles. The number of nitrogens with one attached hydrogen (secondary N) is 1. The van der Waals surface area contributed by atoms with Crippen molar-refractivity contribution in [3.05, 3.63) is 65.1 Å². The zero-order valence-electron chi connectivity index (χ0n) is 15.8. The van der Waals surface area contributed by atoms with E-state index in [1.54, 1.807) is 30.3 Å². The Balaban J connectivity index is 1.74. The molecule has 0 saturated carbocycles. The maximum absolute atomic E-state index is 13.3. The van der Waals surface area contributed by atoms with Gasteiger partial charge in [-0.25, -0.2) is 9.07 Å². The number of hydrogen-bond acceptors (Lipinski definition) is 5. The first-order chi connectivity index (χ1) is 14.0. The van der Waals surface area contributed by atoms with E-state index in [1.165, 1.54) is 31.0 Å². The first-order valence-electron chi connectivity index (χ1n) is 8.75. The highest BCUT2D eigenvalue weighted by Crippen LogP contribution is 2.32. The molecular formula is C20H18FN3O4S. The number of ether oxygens (including phenoxy) is 2. The molecule has 1 unspecified atom stereocenters. The lowest BCUT2D eigenvalue weighted by Gasteiger charge is -2.13. The van der Waals surface area contributed by atoms with Crippen LogP contribution in [0.1, 0.15) is 21.6 Å². The van der Waals surface area contributed by atoms with E-state index in [9.17, 15) is 13.4 Å². The van der Waals surface area contributed by atoms with E-state index in [4.69, 9.17) is 9.47 Å². The second-order valence-corrected chi connectivity index (χ2v) is 7.87. The number of hydrogen-bond donors (Lipinski definition) is 1. The highest BCUT2D eigenvalue weighted by atomic mass is 32.2. The van der Waals surface area contributed by atoms with Crippen LogP contribution in [0.3, 0.4) is 0 Å². The second-order valence-electron chi connectivity index (χ2n) is 6.41. The first-order valence-corrected chi connectivity index (χ1v) is 10.2. The van der Waals surface area contributed by atoms with Gasteiger partial charge in [0.25, 0.3) is 5.91 Å². The molecule has 4 rings (SSSR count). The van der Waals surface area contributed by atoms with E-state index in [2.05, 4.69) is 10.4 Å². The molecule has 1 amide bonds. The molecule has 9 heteroatoms. The topological polar surface area (TPSA) is 82.5 Å². The van der Waals surface area contributed by atoms with Crippen molar-refractivity contribution >= 4 is 22.5 Å². The Morgan fingerprint density at radius 3 is 2.59 bits per heavy atom. The number of amides is 1. The van der Waals surface area contributed by atoms with Crippen LogP contribution < -0.4 is 14.8 Å². The molecular weight excluding hydrogens is 397 g/mol. The van der Waals surface area contributed by atoms with E-state index in [1.807, 2.05) is 0 Å². The highest BCUT2D eigenvalue weighted by Gasteiger charge is 2.29. The summed E-state index contributed by atoms with van der Waals surface area (Å²) in [5, 5.41) is 7.36. The number of benzene rings is 2. The fourth-order valence-electron chi connectivity index (χ4n) is 3.19. The number of anilines is 1. The highest BCUT2D eigenvalue weighted by molar-refractivity contribution is 7.83. The van der Waals surface area contributed by atoms with Crippen molar-refractivity contribution in [1.29, 1.82) is 0 Å². The van der Waals surface area contributed by atoms with Crippen LogP contribution in [0.15, 0.2) is 42.5 Å². The lowest BCUT2D eigenvalue weighted by molar-refractivity contribution is 0.102. The molecule has 0 aliphatic carbocycles. The van der Waals surface area contributed by atoms with Gasteiger partial charge in [-0.05, 0) is 36.4 Å². The van der Waals surface area contributed by atoms with Crippen molar-refractivity contribution in [3.8, 4) is 17.2 Å². The minimum absolute atomic E-state index is 0.298. The van der Waals surface area contributed by atoms with Crippen LogP contribution >= 0.6 is 0 Å². The molecule has 0 saturated heterocycles. The number of carbonyl (C=O) groups is 1. The van der Waals surface area contributed by atoms with Crippen molar-refractivity contribution in [3.63, 3.8) is 0 Å². The normalized spacial score (nSPS) is 15.1. The quantitative estimate of drug-likeness (QED) is 0.693.